The predicted octanol–water partition coefficient (Wildman–Crippen LogP) is 2.96. The number of nitrogens with zero attached hydrogens (tertiary/aromatic N) is 4. The van der Waals surface area contributed by atoms with Gasteiger partial charge < -0.3 is 10.6 Å². The maximum Gasteiger partial charge on any atom is 0.225 e. The molecule has 0 saturated heterocycles. The summed E-state index contributed by atoms with van der Waals surface area (Å²) in [6.45, 7) is 0.558. The van der Waals surface area contributed by atoms with Gasteiger partial charge in [-0.2, -0.15) is 0 Å². The first-order valence-electron chi connectivity index (χ1n) is 9.44. The highest BCUT2D eigenvalue weighted by Gasteiger charge is 2.41. The molecule has 0 bridgehead atoms. The molecule has 0 atom stereocenters. The summed E-state index contributed by atoms with van der Waals surface area (Å²) in [4.78, 5) is 21.0. The summed E-state index contributed by atoms with van der Waals surface area (Å²) in [5.74, 6) is 0.311. The molecule has 0 radical (unpaired) electrons. The van der Waals surface area contributed by atoms with Crippen molar-refractivity contribution in [3.63, 3.8) is 0 Å². The highest BCUT2D eigenvalue weighted by Crippen LogP contribution is 2.43. The van der Waals surface area contributed by atoms with Crippen LogP contribution in [0.25, 0.3) is 10.7 Å². The second-order valence-corrected chi connectivity index (χ2v) is 8.22. The number of halogens is 1. The maximum atomic E-state index is 14.2. The van der Waals surface area contributed by atoms with Crippen molar-refractivity contribution in [1.29, 1.82) is 0 Å². The Kier molecular flexibility index (Phi) is 5.48. The van der Waals surface area contributed by atoms with Gasteiger partial charge in [-0.15, -0.1) is 21.5 Å². The number of rotatable bonds is 7. The molecule has 1 saturated carbocycles. The van der Waals surface area contributed by atoms with E-state index in [1.165, 1.54) is 17.4 Å². The fraction of sp³-hybridized carbons (Fsp3) is 0.350. The van der Waals surface area contributed by atoms with E-state index in [0.29, 0.717) is 35.2 Å². The Labute approximate surface area is 171 Å². The number of hydrogen-bond donors (Lipinski definition) is 2. The number of thiazole rings is 1. The Bertz CT molecular complexity index is 1000. The van der Waals surface area contributed by atoms with Crippen LogP contribution in [-0.4, -0.2) is 39.7 Å². The molecule has 3 aromatic heterocycles. The van der Waals surface area contributed by atoms with Crippen molar-refractivity contribution in [1.82, 2.24) is 25.5 Å². The fourth-order valence-corrected chi connectivity index (χ4v) is 4.31. The highest BCUT2D eigenvalue weighted by atomic mass is 32.1. The minimum Gasteiger partial charge on any atom is -0.368 e. The van der Waals surface area contributed by atoms with Gasteiger partial charge in [0.1, 0.15) is 22.3 Å². The normalized spacial score (nSPS) is 14.8. The zero-order valence-corrected chi connectivity index (χ0v) is 16.8. The van der Waals surface area contributed by atoms with Crippen LogP contribution in [0, 0.1) is 5.82 Å². The van der Waals surface area contributed by atoms with E-state index in [4.69, 9.17) is 0 Å². The van der Waals surface area contributed by atoms with Gasteiger partial charge in [0.25, 0.3) is 0 Å². The van der Waals surface area contributed by atoms with Crippen LogP contribution in [0.1, 0.15) is 29.8 Å². The molecule has 0 aliphatic heterocycles. The van der Waals surface area contributed by atoms with Crippen LogP contribution in [0.3, 0.4) is 0 Å². The number of nitrogens with one attached hydrogen (secondary N) is 2. The van der Waals surface area contributed by atoms with Gasteiger partial charge in [-0.1, -0.05) is 6.42 Å². The minimum absolute atomic E-state index is 0.0555. The molecule has 9 heteroatoms. The van der Waals surface area contributed by atoms with Gasteiger partial charge >= 0.3 is 0 Å². The van der Waals surface area contributed by atoms with E-state index in [-0.39, 0.29) is 17.1 Å². The Morgan fingerprint density at radius 1 is 1.24 bits per heavy atom. The third-order valence-corrected chi connectivity index (χ3v) is 6.25. The van der Waals surface area contributed by atoms with E-state index in [9.17, 15) is 9.18 Å². The second-order valence-electron chi connectivity index (χ2n) is 7.11. The van der Waals surface area contributed by atoms with Crippen LogP contribution in [0.15, 0.2) is 36.7 Å². The lowest BCUT2D eigenvalue weighted by Gasteiger charge is -2.41. The molecule has 150 valence electrons. The number of anilines is 1. The average molecular weight is 412 g/mol. The number of likely N-dealkylation sites (N-methyl/N-ethyl adjacent to an activating group) is 1. The molecule has 4 rings (SSSR count). The van der Waals surface area contributed by atoms with E-state index in [1.54, 1.807) is 25.5 Å². The van der Waals surface area contributed by atoms with E-state index in [2.05, 4.69) is 30.8 Å². The molecule has 1 aliphatic carbocycles. The van der Waals surface area contributed by atoms with Gasteiger partial charge in [0.2, 0.25) is 5.91 Å². The van der Waals surface area contributed by atoms with Gasteiger partial charge in [-0.25, -0.2) is 9.37 Å². The van der Waals surface area contributed by atoms with Crippen molar-refractivity contribution in [2.45, 2.75) is 31.1 Å². The lowest BCUT2D eigenvalue weighted by atomic mass is 9.66. The molecule has 3 heterocycles. The first-order chi connectivity index (χ1) is 14.1. The SMILES string of the molecule is CNC(=O)Cc1cnc(-c2ccc(NCC3(c4ncccc4F)CCC3)nn2)s1. The van der Waals surface area contributed by atoms with Gasteiger partial charge in [0, 0.05) is 36.3 Å². The number of amides is 1. The summed E-state index contributed by atoms with van der Waals surface area (Å²) in [5, 5.41) is 15.1. The topological polar surface area (TPSA) is 92.7 Å². The first-order valence-corrected chi connectivity index (χ1v) is 10.3. The molecule has 0 aromatic carbocycles. The molecular formula is C20H21FN6OS. The van der Waals surface area contributed by atoms with Crippen LogP contribution in [0.4, 0.5) is 10.2 Å². The maximum absolute atomic E-state index is 14.2. The van der Waals surface area contributed by atoms with Crippen LogP contribution < -0.4 is 10.6 Å². The zero-order chi connectivity index (χ0) is 20.3. The Hall–Kier alpha value is -2.94. The Morgan fingerprint density at radius 2 is 2.10 bits per heavy atom. The molecule has 7 nitrogen and oxygen atoms in total. The van der Waals surface area contributed by atoms with Gasteiger partial charge in [-0.05, 0) is 37.1 Å². The van der Waals surface area contributed by atoms with Crippen molar-refractivity contribution in [2.24, 2.45) is 0 Å². The minimum atomic E-state index is -0.296. The van der Waals surface area contributed by atoms with Gasteiger partial charge in [0.15, 0.2) is 0 Å². The number of carbonyl (C=O) groups excluding carboxylic acids is 1. The standard InChI is InChI=1S/C20H21FN6OS/c1-22-17(28)10-13-11-24-19(29-13)15-5-6-16(27-26-15)25-12-20(7-3-8-20)18-14(21)4-2-9-23-18/h2,4-6,9,11H,3,7-8,10,12H2,1H3,(H,22,28)(H,25,27). The summed E-state index contributed by atoms with van der Waals surface area (Å²) in [7, 11) is 1.61. The lowest BCUT2D eigenvalue weighted by Crippen LogP contribution is -2.42. The number of aromatic nitrogens is 4. The molecule has 3 aromatic rings. The Balaban J connectivity index is 1.42. The predicted molar refractivity (Wildman–Crippen MR) is 109 cm³/mol. The molecule has 2 N–H and O–H groups in total. The smallest absolute Gasteiger partial charge is 0.225 e. The average Bonchev–Trinajstić information content (AvgIpc) is 3.17. The van der Waals surface area contributed by atoms with Crippen LogP contribution >= 0.6 is 11.3 Å². The zero-order valence-electron chi connectivity index (χ0n) is 16.0. The molecule has 1 amide bonds. The lowest BCUT2D eigenvalue weighted by molar-refractivity contribution is -0.119. The number of hydrogen-bond acceptors (Lipinski definition) is 7. The van der Waals surface area contributed by atoms with Crippen molar-refractivity contribution in [3.8, 4) is 10.7 Å². The van der Waals surface area contributed by atoms with Crippen molar-refractivity contribution >= 4 is 23.1 Å². The number of carbonyl (C=O) groups is 1. The molecule has 0 unspecified atom stereocenters. The van der Waals surface area contributed by atoms with Crippen LogP contribution in [0.2, 0.25) is 0 Å². The summed E-state index contributed by atoms with van der Waals surface area (Å²) < 4.78 is 14.2. The third-order valence-electron chi connectivity index (χ3n) is 5.23. The van der Waals surface area contributed by atoms with E-state index in [0.717, 1.165) is 24.1 Å². The van der Waals surface area contributed by atoms with Crippen LogP contribution in [0.5, 0.6) is 0 Å². The molecular weight excluding hydrogens is 391 g/mol. The molecule has 1 fully saturated rings. The monoisotopic (exact) mass is 412 g/mol. The first kappa shape index (κ1) is 19.4. The number of pyridine rings is 1. The third kappa shape index (κ3) is 4.09. The highest BCUT2D eigenvalue weighted by molar-refractivity contribution is 7.15. The second kappa shape index (κ2) is 8.20. The fourth-order valence-electron chi connectivity index (χ4n) is 3.43. The molecule has 1 aliphatic rings. The van der Waals surface area contributed by atoms with Gasteiger partial charge in [-0.3, -0.25) is 9.78 Å². The van der Waals surface area contributed by atoms with E-state index in [1.807, 2.05) is 12.1 Å². The quantitative estimate of drug-likeness (QED) is 0.620. The summed E-state index contributed by atoms with van der Waals surface area (Å²) in [6, 6.07) is 6.75. The summed E-state index contributed by atoms with van der Waals surface area (Å²) >= 11 is 1.42. The summed E-state index contributed by atoms with van der Waals surface area (Å²) in [6.07, 6.45) is 6.47. The summed E-state index contributed by atoms with van der Waals surface area (Å²) in [5.41, 5.74) is 0.878. The van der Waals surface area contributed by atoms with Crippen molar-refractivity contribution in [2.75, 3.05) is 18.9 Å². The van der Waals surface area contributed by atoms with Crippen molar-refractivity contribution < 1.29 is 9.18 Å². The van der Waals surface area contributed by atoms with Gasteiger partial charge in [0.05, 0.1) is 12.1 Å². The molecule has 0 spiro atoms. The Morgan fingerprint density at radius 3 is 2.76 bits per heavy atom. The van der Waals surface area contributed by atoms with E-state index < -0.39 is 0 Å². The van der Waals surface area contributed by atoms with Crippen molar-refractivity contribution in [3.05, 3.63) is 53.0 Å². The van der Waals surface area contributed by atoms with Crippen LogP contribution in [-0.2, 0) is 16.6 Å². The molecule has 29 heavy (non-hydrogen) atoms. The van der Waals surface area contributed by atoms with E-state index >= 15 is 0 Å². The largest absolute Gasteiger partial charge is 0.368 e.